The highest BCUT2D eigenvalue weighted by atomic mass is 19.4. The monoisotopic (exact) mass is 276 g/mol. The second kappa shape index (κ2) is 5.90. The Balaban J connectivity index is 3.20. The van der Waals surface area contributed by atoms with E-state index in [0.29, 0.717) is 18.9 Å². The van der Waals surface area contributed by atoms with Gasteiger partial charge in [-0.25, -0.2) is 0 Å². The van der Waals surface area contributed by atoms with Gasteiger partial charge in [-0.15, -0.1) is 0 Å². The normalized spacial score (nSPS) is 11.7. The minimum atomic E-state index is -4.62. The molecule has 106 valence electrons. The average molecular weight is 276 g/mol. The van der Waals surface area contributed by atoms with Gasteiger partial charge >= 0.3 is 6.18 Å². The number of hydrogen-bond donors (Lipinski definition) is 1. The maximum absolute atomic E-state index is 12.9. The second-order valence-corrected chi connectivity index (χ2v) is 4.14. The van der Waals surface area contributed by atoms with Gasteiger partial charge in [-0.05, 0) is 18.9 Å². The molecule has 19 heavy (non-hydrogen) atoms. The molecule has 0 fully saturated rings. The molecule has 0 saturated heterocycles. The Hall–Kier alpha value is -1.79. The van der Waals surface area contributed by atoms with Gasteiger partial charge in [0.25, 0.3) is 5.69 Å². The summed E-state index contributed by atoms with van der Waals surface area (Å²) < 4.78 is 38.7. The molecule has 0 aromatic heterocycles. The second-order valence-electron chi connectivity index (χ2n) is 4.14. The molecule has 4 nitrogen and oxygen atoms in total. The molecule has 1 N–H and O–H groups in total. The van der Waals surface area contributed by atoms with Crippen LogP contribution in [0, 0.1) is 10.1 Å². The summed E-state index contributed by atoms with van der Waals surface area (Å²) in [5.74, 6) is 0. The van der Waals surface area contributed by atoms with E-state index in [1.165, 1.54) is 0 Å². The molecule has 1 aromatic rings. The number of rotatable bonds is 5. The van der Waals surface area contributed by atoms with E-state index in [4.69, 9.17) is 0 Å². The van der Waals surface area contributed by atoms with E-state index in [0.717, 1.165) is 12.1 Å². The molecule has 1 rings (SSSR count). The molecular weight excluding hydrogens is 261 g/mol. The first-order valence-corrected chi connectivity index (χ1v) is 5.91. The van der Waals surface area contributed by atoms with Crippen molar-refractivity contribution in [2.45, 2.75) is 38.9 Å². The van der Waals surface area contributed by atoms with Crippen molar-refractivity contribution < 1.29 is 18.1 Å². The van der Waals surface area contributed by atoms with E-state index >= 15 is 0 Å². The van der Waals surface area contributed by atoms with Gasteiger partial charge < -0.3 is 5.32 Å². The van der Waals surface area contributed by atoms with Crippen LogP contribution in [0.5, 0.6) is 0 Å². The van der Waals surface area contributed by atoms with Crippen LogP contribution in [0.4, 0.5) is 24.5 Å². The van der Waals surface area contributed by atoms with Crippen LogP contribution < -0.4 is 5.32 Å². The van der Waals surface area contributed by atoms with Crippen LogP contribution in [0.15, 0.2) is 18.2 Å². The van der Waals surface area contributed by atoms with E-state index < -0.39 is 22.4 Å². The molecule has 0 unspecified atom stereocenters. The minimum absolute atomic E-state index is 0.0949. The SMILES string of the molecule is CCC(CC)Nc1ccc([N+](=O)[O-])cc1C(F)(F)F. The smallest absolute Gasteiger partial charge is 0.382 e. The molecular formula is C12H15F3N2O2. The molecule has 7 heteroatoms. The summed E-state index contributed by atoms with van der Waals surface area (Å²) in [7, 11) is 0. The van der Waals surface area contributed by atoms with Crippen molar-refractivity contribution in [1.29, 1.82) is 0 Å². The fraction of sp³-hybridized carbons (Fsp3) is 0.500. The number of nitrogens with one attached hydrogen (secondary N) is 1. The lowest BCUT2D eigenvalue weighted by Crippen LogP contribution is -2.20. The first-order valence-electron chi connectivity index (χ1n) is 5.91. The highest BCUT2D eigenvalue weighted by Gasteiger charge is 2.35. The standard InChI is InChI=1S/C12H15F3N2O2/c1-3-8(4-2)16-11-6-5-9(17(18)19)7-10(11)12(13,14)15/h5-8,16H,3-4H2,1-2H3. The van der Waals surface area contributed by atoms with Crippen molar-refractivity contribution in [3.8, 4) is 0 Å². The maximum atomic E-state index is 12.9. The van der Waals surface area contributed by atoms with Crippen LogP contribution in [0.1, 0.15) is 32.3 Å². The zero-order chi connectivity index (χ0) is 14.6. The minimum Gasteiger partial charge on any atom is -0.382 e. The Morgan fingerprint density at radius 2 is 1.89 bits per heavy atom. The van der Waals surface area contributed by atoms with E-state index in [9.17, 15) is 23.3 Å². The molecule has 0 bridgehead atoms. The molecule has 0 radical (unpaired) electrons. The van der Waals surface area contributed by atoms with Crippen molar-refractivity contribution in [3.05, 3.63) is 33.9 Å². The topological polar surface area (TPSA) is 55.2 Å². The highest BCUT2D eigenvalue weighted by Crippen LogP contribution is 2.37. The van der Waals surface area contributed by atoms with Crippen molar-refractivity contribution in [3.63, 3.8) is 0 Å². The summed E-state index contributed by atoms with van der Waals surface area (Å²) in [6, 6.07) is 2.65. The Bertz CT molecular complexity index is 457. The molecule has 0 amide bonds. The summed E-state index contributed by atoms with van der Waals surface area (Å²) in [4.78, 5) is 9.71. The molecule has 1 aromatic carbocycles. The molecule has 0 saturated carbocycles. The van der Waals surface area contributed by atoms with Crippen LogP contribution in [0.3, 0.4) is 0 Å². The fourth-order valence-electron chi connectivity index (χ4n) is 1.72. The van der Waals surface area contributed by atoms with E-state index in [2.05, 4.69) is 5.32 Å². The highest BCUT2D eigenvalue weighted by molar-refractivity contribution is 5.57. The summed E-state index contributed by atoms with van der Waals surface area (Å²) in [6.07, 6.45) is -3.28. The first kappa shape index (κ1) is 15.3. The number of anilines is 1. The average Bonchev–Trinajstić information content (AvgIpc) is 2.34. The molecule has 0 aliphatic carbocycles. The van der Waals surface area contributed by atoms with E-state index in [1.54, 1.807) is 0 Å². The number of nitro groups is 1. The third-order valence-electron chi connectivity index (χ3n) is 2.86. The molecule has 0 atom stereocenters. The third-order valence-corrected chi connectivity index (χ3v) is 2.86. The number of halogens is 3. The molecule has 0 aliphatic rings. The van der Waals surface area contributed by atoms with Crippen LogP contribution in [-0.2, 0) is 6.18 Å². The van der Waals surface area contributed by atoms with Crippen molar-refractivity contribution in [2.24, 2.45) is 0 Å². The zero-order valence-corrected chi connectivity index (χ0v) is 10.6. The number of nitro benzene ring substituents is 1. The zero-order valence-electron chi connectivity index (χ0n) is 10.6. The lowest BCUT2D eigenvalue weighted by atomic mass is 10.1. The van der Waals surface area contributed by atoms with Gasteiger partial charge in [-0.1, -0.05) is 13.8 Å². The van der Waals surface area contributed by atoms with Crippen LogP contribution in [-0.4, -0.2) is 11.0 Å². The first-order chi connectivity index (χ1) is 8.79. The van der Waals surface area contributed by atoms with Crippen molar-refractivity contribution in [1.82, 2.24) is 0 Å². The van der Waals surface area contributed by atoms with Gasteiger partial charge in [0.05, 0.1) is 10.5 Å². The van der Waals surface area contributed by atoms with Crippen molar-refractivity contribution in [2.75, 3.05) is 5.32 Å². The van der Waals surface area contributed by atoms with Gasteiger partial charge in [0.15, 0.2) is 0 Å². The van der Waals surface area contributed by atoms with Gasteiger partial charge in [0.1, 0.15) is 0 Å². The van der Waals surface area contributed by atoms with Crippen LogP contribution in [0.25, 0.3) is 0 Å². The summed E-state index contributed by atoms with van der Waals surface area (Å²) in [6.45, 7) is 3.72. The van der Waals surface area contributed by atoms with Gasteiger partial charge in [0.2, 0.25) is 0 Å². The number of benzene rings is 1. The predicted molar refractivity (Wildman–Crippen MR) is 66.1 cm³/mol. The summed E-state index contributed by atoms with van der Waals surface area (Å²) in [5.41, 5.74) is -1.69. The van der Waals surface area contributed by atoms with E-state index in [-0.39, 0.29) is 11.7 Å². The van der Waals surface area contributed by atoms with Crippen molar-refractivity contribution >= 4 is 11.4 Å². The number of hydrogen-bond acceptors (Lipinski definition) is 3. The number of alkyl halides is 3. The fourth-order valence-corrected chi connectivity index (χ4v) is 1.72. The Morgan fingerprint density at radius 1 is 1.32 bits per heavy atom. The van der Waals surface area contributed by atoms with Crippen LogP contribution in [0.2, 0.25) is 0 Å². The van der Waals surface area contributed by atoms with Gasteiger partial charge in [0, 0.05) is 23.9 Å². The third kappa shape index (κ3) is 3.84. The number of non-ortho nitro benzene ring substituents is 1. The lowest BCUT2D eigenvalue weighted by Gasteiger charge is -2.20. The van der Waals surface area contributed by atoms with Gasteiger partial charge in [-0.3, -0.25) is 10.1 Å². The maximum Gasteiger partial charge on any atom is 0.418 e. The summed E-state index contributed by atoms with van der Waals surface area (Å²) >= 11 is 0. The van der Waals surface area contributed by atoms with E-state index in [1.807, 2.05) is 13.8 Å². The summed E-state index contributed by atoms with van der Waals surface area (Å²) in [5, 5.41) is 13.3. The van der Waals surface area contributed by atoms with Crippen LogP contribution >= 0.6 is 0 Å². The number of nitrogens with zero attached hydrogens (tertiary/aromatic N) is 1. The predicted octanol–water partition coefficient (Wildman–Crippen LogP) is 4.21. The molecule has 0 spiro atoms. The lowest BCUT2D eigenvalue weighted by molar-refractivity contribution is -0.385. The van der Waals surface area contributed by atoms with Gasteiger partial charge in [-0.2, -0.15) is 13.2 Å². The Kier molecular flexibility index (Phi) is 4.74. The molecule has 0 heterocycles. The Labute approximate surface area is 108 Å². The largest absolute Gasteiger partial charge is 0.418 e. The Morgan fingerprint density at radius 3 is 2.32 bits per heavy atom. The molecule has 0 aliphatic heterocycles. The quantitative estimate of drug-likeness (QED) is 0.647.